The highest BCUT2D eigenvalue weighted by atomic mass is 19.1. The van der Waals surface area contributed by atoms with Crippen molar-refractivity contribution in [1.29, 1.82) is 0 Å². The summed E-state index contributed by atoms with van der Waals surface area (Å²) in [6.45, 7) is 5.24. The van der Waals surface area contributed by atoms with Crippen molar-refractivity contribution in [2.45, 2.75) is 19.9 Å². The normalized spacial score (nSPS) is 10.9. The van der Waals surface area contributed by atoms with Crippen LogP contribution in [0.5, 0.6) is 0 Å². The fourth-order valence-electron chi connectivity index (χ4n) is 1.36. The maximum Gasteiger partial charge on any atom is 0.319 e. The van der Waals surface area contributed by atoms with Gasteiger partial charge in [0.15, 0.2) is 0 Å². The molecule has 0 fully saturated rings. The van der Waals surface area contributed by atoms with Crippen LogP contribution in [0.3, 0.4) is 0 Å². The van der Waals surface area contributed by atoms with Crippen molar-refractivity contribution in [3.05, 3.63) is 29.8 Å². The zero-order chi connectivity index (χ0) is 14.4. The second kappa shape index (κ2) is 7.04. The molecule has 0 bridgehead atoms. The Morgan fingerprint density at radius 2 is 2.05 bits per heavy atom. The number of benzene rings is 1. The number of hydrogen-bond acceptors (Lipinski definition) is 2. The quantitative estimate of drug-likeness (QED) is 0.864. The fourth-order valence-corrected chi connectivity index (χ4v) is 1.36. The SMILES string of the molecule is CC(C)N(C)CCNC(=O)Nc1ccc(F)cc1F. The zero-order valence-corrected chi connectivity index (χ0v) is 11.3. The van der Waals surface area contributed by atoms with Gasteiger partial charge in [-0.15, -0.1) is 0 Å². The third kappa shape index (κ3) is 5.21. The average molecular weight is 271 g/mol. The molecule has 0 aromatic heterocycles. The Balaban J connectivity index is 2.39. The van der Waals surface area contributed by atoms with Crippen LogP contribution in [0.4, 0.5) is 19.3 Å². The predicted molar refractivity (Wildman–Crippen MR) is 71.1 cm³/mol. The molecule has 19 heavy (non-hydrogen) atoms. The van der Waals surface area contributed by atoms with Gasteiger partial charge in [-0.2, -0.15) is 0 Å². The highest BCUT2D eigenvalue weighted by Crippen LogP contribution is 2.14. The molecule has 0 aliphatic heterocycles. The molecule has 2 amide bonds. The molecule has 0 spiro atoms. The van der Waals surface area contributed by atoms with Crippen LogP contribution in [-0.2, 0) is 0 Å². The lowest BCUT2D eigenvalue weighted by atomic mass is 10.3. The minimum atomic E-state index is -0.797. The number of carbonyl (C=O) groups is 1. The van der Waals surface area contributed by atoms with Gasteiger partial charge >= 0.3 is 6.03 Å². The molecule has 6 heteroatoms. The summed E-state index contributed by atoms with van der Waals surface area (Å²) in [6.07, 6.45) is 0. The number of rotatable bonds is 5. The highest BCUT2D eigenvalue weighted by Gasteiger charge is 2.08. The number of anilines is 1. The number of nitrogens with zero attached hydrogens (tertiary/aromatic N) is 1. The summed E-state index contributed by atoms with van der Waals surface area (Å²) in [5, 5.41) is 4.94. The van der Waals surface area contributed by atoms with E-state index in [1.807, 2.05) is 20.9 Å². The van der Waals surface area contributed by atoms with E-state index in [2.05, 4.69) is 15.5 Å². The van der Waals surface area contributed by atoms with Gasteiger partial charge in [-0.05, 0) is 33.0 Å². The van der Waals surface area contributed by atoms with Gasteiger partial charge in [0.1, 0.15) is 11.6 Å². The molecule has 106 valence electrons. The molecule has 0 saturated carbocycles. The average Bonchev–Trinajstić information content (AvgIpc) is 2.32. The summed E-state index contributed by atoms with van der Waals surface area (Å²) in [4.78, 5) is 13.6. The molecule has 0 atom stereocenters. The molecule has 0 aliphatic carbocycles. The Morgan fingerprint density at radius 1 is 1.37 bits per heavy atom. The van der Waals surface area contributed by atoms with Crippen molar-refractivity contribution in [2.24, 2.45) is 0 Å². The van der Waals surface area contributed by atoms with Gasteiger partial charge in [0.05, 0.1) is 5.69 Å². The lowest BCUT2D eigenvalue weighted by molar-refractivity contribution is 0.244. The van der Waals surface area contributed by atoms with Crippen LogP contribution in [0.15, 0.2) is 18.2 Å². The highest BCUT2D eigenvalue weighted by molar-refractivity contribution is 5.89. The Hall–Kier alpha value is -1.69. The van der Waals surface area contributed by atoms with Crippen LogP contribution < -0.4 is 10.6 Å². The molecule has 0 aliphatic rings. The van der Waals surface area contributed by atoms with E-state index >= 15 is 0 Å². The number of nitrogens with one attached hydrogen (secondary N) is 2. The van der Waals surface area contributed by atoms with E-state index in [1.54, 1.807) is 0 Å². The summed E-state index contributed by atoms with van der Waals surface area (Å²) in [5.74, 6) is -1.48. The first-order valence-corrected chi connectivity index (χ1v) is 6.10. The Labute approximate surface area is 111 Å². The van der Waals surface area contributed by atoms with E-state index in [0.29, 0.717) is 19.1 Å². The van der Waals surface area contributed by atoms with Gasteiger partial charge in [-0.25, -0.2) is 13.6 Å². The van der Waals surface area contributed by atoms with Crippen molar-refractivity contribution < 1.29 is 13.6 Å². The molecule has 0 unspecified atom stereocenters. The number of halogens is 2. The number of hydrogen-bond donors (Lipinski definition) is 2. The van der Waals surface area contributed by atoms with Crippen LogP contribution >= 0.6 is 0 Å². The fraction of sp³-hybridized carbons (Fsp3) is 0.462. The summed E-state index contributed by atoms with van der Waals surface area (Å²) >= 11 is 0. The second-order valence-electron chi connectivity index (χ2n) is 4.58. The predicted octanol–water partition coefficient (Wildman–Crippen LogP) is 2.43. The second-order valence-corrected chi connectivity index (χ2v) is 4.58. The molecule has 0 saturated heterocycles. The van der Waals surface area contributed by atoms with Crippen LogP contribution in [0.2, 0.25) is 0 Å². The van der Waals surface area contributed by atoms with Crippen LogP contribution in [0.1, 0.15) is 13.8 Å². The smallest absolute Gasteiger partial charge is 0.319 e. The molecule has 1 aromatic carbocycles. The number of amides is 2. The molecule has 0 heterocycles. The van der Waals surface area contributed by atoms with E-state index in [1.165, 1.54) is 6.07 Å². The Morgan fingerprint density at radius 3 is 2.63 bits per heavy atom. The molecular weight excluding hydrogens is 252 g/mol. The van der Waals surface area contributed by atoms with Gasteiger partial charge in [0, 0.05) is 25.2 Å². The summed E-state index contributed by atoms with van der Waals surface area (Å²) in [5.41, 5.74) is -0.0453. The van der Waals surface area contributed by atoms with Crippen LogP contribution in [0, 0.1) is 11.6 Å². The molecule has 0 radical (unpaired) electrons. The van der Waals surface area contributed by atoms with E-state index in [9.17, 15) is 13.6 Å². The van der Waals surface area contributed by atoms with Gasteiger partial charge in [0.25, 0.3) is 0 Å². The monoisotopic (exact) mass is 271 g/mol. The third-order valence-electron chi connectivity index (χ3n) is 2.81. The van der Waals surface area contributed by atoms with E-state index in [0.717, 1.165) is 12.1 Å². The lowest BCUT2D eigenvalue weighted by Crippen LogP contribution is -2.38. The first-order chi connectivity index (χ1) is 8.90. The van der Waals surface area contributed by atoms with Gasteiger partial charge < -0.3 is 15.5 Å². The third-order valence-corrected chi connectivity index (χ3v) is 2.81. The molecule has 1 rings (SSSR count). The summed E-state index contributed by atoms with van der Waals surface area (Å²) < 4.78 is 26.0. The molecule has 2 N–H and O–H groups in total. The van der Waals surface area contributed by atoms with E-state index in [4.69, 9.17) is 0 Å². The minimum absolute atomic E-state index is 0.0453. The van der Waals surface area contributed by atoms with Crippen LogP contribution in [0.25, 0.3) is 0 Å². The van der Waals surface area contributed by atoms with E-state index in [-0.39, 0.29) is 5.69 Å². The van der Waals surface area contributed by atoms with Crippen molar-refractivity contribution in [2.75, 3.05) is 25.5 Å². The van der Waals surface area contributed by atoms with E-state index < -0.39 is 17.7 Å². The first-order valence-electron chi connectivity index (χ1n) is 6.10. The zero-order valence-electron chi connectivity index (χ0n) is 11.3. The maximum atomic E-state index is 13.3. The van der Waals surface area contributed by atoms with Gasteiger partial charge in [0.2, 0.25) is 0 Å². The van der Waals surface area contributed by atoms with Gasteiger partial charge in [-0.3, -0.25) is 0 Å². The summed E-state index contributed by atoms with van der Waals surface area (Å²) in [7, 11) is 1.95. The minimum Gasteiger partial charge on any atom is -0.337 e. The Bertz CT molecular complexity index is 438. The summed E-state index contributed by atoms with van der Waals surface area (Å²) in [6, 6.07) is 2.87. The van der Waals surface area contributed by atoms with Gasteiger partial charge in [-0.1, -0.05) is 0 Å². The molecule has 4 nitrogen and oxygen atoms in total. The largest absolute Gasteiger partial charge is 0.337 e. The van der Waals surface area contributed by atoms with Crippen molar-refractivity contribution >= 4 is 11.7 Å². The Kier molecular flexibility index (Phi) is 5.69. The lowest BCUT2D eigenvalue weighted by Gasteiger charge is -2.20. The number of carbonyl (C=O) groups excluding carboxylic acids is 1. The topological polar surface area (TPSA) is 44.4 Å². The standard InChI is InChI=1S/C13H19F2N3O/c1-9(2)18(3)7-6-16-13(19)17-12-5-4-10(14)8-11(12)15/h4-5,8-9H,6-7H2,1-3H3,(H2,16,17,19). The van der Waals surface area contributed by atoms with Crippen molar-refractivity contribution in [1.82, 2.24) is 10.2 Å². The maximum absolute atomic E-state index is 13.3. The van der Waals surface area contributed by atoms with Crippen molar-refractivity contribution in [3.63, 3.8) is 0 Å². The molecular formula is C13H19F2N3O. The molecule has 1 aromatic rings. The first kappa shape index (κ1) is 15.4. The number of likely N-dealkylation sites (N-methyl/N-ethyl adjacent to an activating group) is 1. The van der Waals surface area contributed by atoms with Crippen molar-refractivity contribution in [3.8, 4) is 0 Å². The number of urea groups is 1. The van der Waals surface area contributed by atoms with Crippen LogP contribution in [-0.4, -0.2) is 37.1 Å².